The molecule has 8 aromatic carbocycles. The SMILES string of the molecule is [2H]c1c([2H])c([2H])c(-c2cccc3c(-c4cccc(-c5nc(-c6ccccc6)nc(-c6ccc7cc(-c8ccccc8)ccc7c6)n5)c4)cccc23)c([2H])c1[2H]. The van der Waals surface area contributed by atoms with Crippen molar-refractivity contribution in [2.75, 3.05) is 0 Å². The van der Waals surface area contributed by atoms with Crippen LogP contribution in [0.2, 0.25) is 0 Å². The molecule has 3 heteroatoms. The lowest BCUT2D eigenvalue weighted by atomic mass is 9.92. The van der Waals surface area contributed by atoms with Gasteiger partial charge in [0.15, 0.2) is 17.5 Å². The fourth-order valence-electron chi connectivity index (χ4n) is 6.54. The van der Waals surface area contributed by atoms with Gasteiger partial charge in [-0.15, -0.1) is 0 Å². The van der Waals surface area contributed by atoms with Gasteiger partial charge in [-0.3, -0.25) is 0 Å². The van der Waals surface area contributed by atoms with Gasteiger partial charge in [0.05, 0.1) is 6.85 Å². The first-order valence-electron chi connectivity index (χ1n) is 18.9. The molecule has 0 atom stereocenters. The van der Waals surface area contributed by atoms with Crippen LogP contribution in [0.15, 0.2) is 188 Å². The molecule has 50 heavy (non-hydrogen) atoms. The van der Waals surface area contributed by atoms with Crippen LogP contribution in [-0.2, 0) is 0 Å². The van der Waals surface area contributed by atoms with Crippen LogP contribution in [0.25, 0.3) is 89.1 Å². The van der Waals surface area contributed by atoms with Crippen LogP contribution in [0.3, 0.4) is 0 Å². The third kappa shape index (κ3) is 5.61. The van der Waals surface area contributed by atoms with Gasteiger partial charge in [-0.25, -0.2) is 15.0 Å². The average Bonchev–Trinajstić information content (AvgIpc) is 3.25. The molecule has 0 saturated carbocycles. The maximum Gasteiger partial charge on any atom is 0.164 e. The smallest absolute Gasteiger partial charge is 0.164 e. The largest absolute Gasteiger partial charge is 0.208 e. The number of aromatic nitrogens is 3. The predicted molar refractivity (Wildman–Crippen MR) is 207 cm³/mol. The van der Waals surface area contributed by atoms with Crippen LogP contribution >= 0.6 is 0 Å². The lowest BCUT2D eigenvalue weighted by Gasteiger charge is -2.13. The molecule has 0 aliphatic carbocycles. The first-order valence-corrected chi connectivity index (χ1v) is 16.4. The molecule has 0 aliphatic rings. The molecule has 9 rings (SSSR count). The number of hydrogen-bond donors (Lipinski definition) is 0. The van der Waals surface area contributed by atoms with Gasteiger partial charge < -0.3 is 0 Å². The zero-order chi connectivity index (χ0) is 37.6. The summed E-state index contributed by atoms with van der Waals surface area (Å²) in [6, 6.07) is 51.1. The summed E-state index contributed by atoms with van der Waals surface area (Å²) < 4.78 is 41.9. The van der Waals surface area contributed by atoms with Gasteiger partial charge in [0.1, 0.15) is 0 Å². The molecule has 3 nitrogen and oxygen atoms in total. The second-order valence-electron chi connectivity index (χ2n) is 12.1. The van der Waals surface area contributed by atoms with Gasteiger partial charge in [0.25, 0.3) is 0 Å². The van der Waals surface area contributed by atoms with E-state index in [1.54, 1.807) is 0 Å². The molecule has 0 saturated heterocycles. The molecule has 234 valence electrons. The lowest BCUT2D eigenvalue weighted by molar-refractivity contribution is 1.07. The van der Waals surface area contributed by atoms with Gasteiger partial charge in [-0.05, 0) is 73.1 Å². The Labute approximate surface area is 298 Å². The summed E-state index contributed by atoms with van der Waals surface area (Å²) in [4.78, 5) is 15.0. The minimum Gasteiger partial charge on any atom is -0.208 e. The Morgan fingerprint density at radius 2 is 0.800 bits per heavy atom. The molecule has 1 heterocycles. The molecule has 0 spiro atoms. The molecule has 0 radical (unpaired) electrons. The van der Waals surface area contributed by atoms with Crippen molar-refractivity contribution in [1.82, 2.24) is 15.0 Å². The van der Waals surface area contributed by atoms with E-state index < -0.39 is 6.04 Å². The standard InChI is InChI=1S/C47H31N3/c1-4-13-32(14-5-1)35-25-26-37-30-40(28-27-36(37)29-35)47-49-45(34-17-8-3-9-18-34)48-46(50-47)39-20-10-19-38(31-39)42-22-12-23-43-41(21-11-24-44(42)43)33-15-6-2-7-16-33/h1-31H/i2D,6D,7D,15D,16D. The number of nitrogens with zero attached hydrogens (tertiary/aromatic N) is 3. The van der Waals surface area contributed by atoms with Crippen LogP contribution < -0.4 is 0 Å². The fraction of sp³-hybridized carbons (Fsp3) is 0. The molecule has 9 aromatic rings. The van der Waals surface area contributed by atoms with Crippen molar-refractivity contribution in [2.24, 2.45) is 0 Å². The van der Waals surface area contributed by atoms with E-state index in [9.17, 15) is 0 Å². The zero-order valence-corrected chi connectivity index (χ0v) is 26.9. The monoisotopic (exact) mass is 642 g/mol. The van der Waals surface area contributed by atoms with Gasteiger partial charge in [0, 0.05) is 16.7 Å². The first kappa shape index (κ1) is 24.4. The fourth-order valence-corrected chi connectivity index (χ4v) is 6.54. The van der Waals surface area contributed by atoms with Crippen molar-refractivity contribution in [3.8, 4) is 67.5 Å². The number of fused-ring (bicyclic) bond motifs is 2. The van der Waals surface area contributed by atoms with E-state index in [0.29, 0.717) is 23.0 Å². The van der Waals surface area contributed by atoms with E-state index in [0.717, 1.165) is 54.9 Å². The van der Waals surface area contributed by atoms with E-state index >= 15 is 0 Å². The molecule has 1 aromatic heterocycles. The van der Waals surface area contributed by atoms with E-state index in [-0.39, 0.29) is 29.7 Å². The maximum atomic E-state index is 8.64. The minimum absolute atomic E-state index is 0.180. The molecule has 0 fully saturated rings. The number of rotatable bonds is 6. The number of hydrogen-bond acceptors (Lipinski definition) is 3. The van der Waals surface area contributed by atoms with Crippen molar-refractivity contribution in [3.63, 3.8) is 0 Å². The van der Waals surface area contributed by atoms with Crippen LogP contribution in [0.4, 0.5) is 0 Å². The topological polar surface area (TPSA) is 38.7 Å². The Bertz CT molecular complexity index is 2900. The van der Waals surface area contributed by atoms with Gasteiger partial charge in [-0.2, -0.15) is 0 Å². The molecule has 0 N–H and O–H groups in total. The summed E-state index contributed by atoms with van der Waals surface area (Å²) >= 11 is 0. The summed E-state index contributed by atoms with van der Waals surface area (Å²) in [5.74, 6) is 1.67. The van der Waals surface area contributed by atoms with E-state index in [1.807, 2.05) is 103 Å². The molecule has 0 unspecified atom stereocenters. The highest BCUT2D eigenvalue weighted by atomic mass is 15.0. The summed E-state index contributed by atoms with van der Waals surface area (Å²) in [5.41, 5.74) is 7.50. The normalized spacial score (nSPS) is 12.6. The Hall–Kier alpha value is -6.71. The summed E-state index contributed by atoms with van der Waals surface area (Å²) in [6.07, 6.45) is 0. The van der Waals surface area contributed by atoms with Crippen molar-refractivity contribution in [3.05, 3.63) is 188 Å². The third-order valence-electron chi connectivity index (χ3n) is 9.00. The molecule has 0 aliphatic heterocycles. The Morgan fingerprint density at radius 3 is 1.46 bits per heavy atom. The van der Waals surface area contributed by atoms with Crippen molar-refractivity contribution in [1.29, 1.82) is 0 Å². The van der Waals surface area contributed by atoms with Crippen LogP contribution in [0, 0.1) is 0 Å². The van der Waals surface area contributed by atoms with Gasteiger partial charge in [-0.1, -0.05) is 170 Å². The average molecular weight is 643 g/mol. The Balaban J connectivity index is 1.16. The van der Waals surface area contributed by atoms with E-state index in [4.69, 9.17) is 21.8 Å². The zero-order valence-electron chi connectivity index (χ0n) is 31.9. The summed E-state index contributed by atoms with van der Waals surface area (Å²) in [7, 11) is 0. The molecule has 0 bridgehead atoms. The highest BCUT2D eigenvalue weighted by Gasteiger charge is 2.15. The minimum atomic E-state index is -0.411. The first-order chi connectivity index (χ1) is 26.8. The summed E-state index contributed by atoms with van der Waals surface area (Å²) in [5, 5.41) is 3.88. The lowest BCUT2D eigenvalue weighted by Crippen LogP contribution is -2.00. The van der Waals surface area contributed by atoms with Crippen LogP contribution in [0.5, 0.6) is 0 Å². The Kier molecular flexibility index (Phi) is 6.22. The predicted octanol–water partition coefficient (Wildman–Crippen LogP) is 12.2. The molecular formula is C47H31N3. The van der Waals surface area contributed by atoms with E-state index in [1.165, 1.54) is 5.56 Å². The quantitative estimate of drug-likeness (QED) is 0.181. The van der Waals surface area contributed by atoms with Gasteiger partial charge in [0.2, 0.25) is 0 Å². The summed E-state index contributed by atoms with van der Waals surface area (Å²) in [6.45, 7) is 0. The molecule has 0 amide bonds. The third-order valence-corrected chi connectivity index (χ3v) is 9.00. The van der Waals surface area contributed by atoms with Crippen molar-refractivity contribution < 1.29 is 6.85 Å². The van der Waals surface area contributed by atoms with Crippen LogP contribution in [-0.4, -0.2) is 15.0 Å². The van der Waals surface area contributed by atoms with E-state index in [2.05, 4.69) is 54.6 Å². The highest BCUT2D eigenvalue weighted by molar-refractivity contribution is 6.04. The van der Waals surface area contributed by atoms with Crippen molar-refractivity contribution >= 4 is 21.5 Å². The van der Waals surface area contributed by atoms with Gasteiger partial charge >= 0.3 is 0 Å². The van der Waals surface area contributed by atoms with Crippen molar-refractivity contribution in [2.45, 2.75) is 0 Å². The molecular weight excluding hydrogens is 607 g/mol. The maximum absolute atomic E-state index is 8.64. The number of benzene rings is 8. The Morgan fingerprint density at radius 1 is 0.320 bits per heavy atom. The highest BCUT2D eigenvalue weighted by Crippen LogP contribution is 2.36. The second-order valence-corrected chi connectivity index (χ2v) is 12.1. The van der Waals surface area contributed by atoms with Crippen LogP contribution in [0.1, 0.15) is 6.85 Å². The second kappa shape index (κ2) is 12.7.